The van der Waals surface area contributed by atoms with Crippen molar-refractivity contribution in [2.24, 2.45) is 0 Å². The fraction of sp³-hybridized carbons (Fsp3) is 0.267. The van der Waals surface area contributed by atoms with Crippen LogP contribution in [0.3, 0.4) is 0 Å². The molecule has 0 fully saturated rings. The highest BCUT2D eigenvalue weighted by atomic mass is 35.5. The number of hydrogen-bond acceptors (Lipinski definition) is 2. The highest BCUT2D eigenvalue weighted by Crippen LogP contribution is 2.24. The van der Waals surface area contributed by atoms with E-state index in [4.69, 9.17) is 11.6 Å². The van der Waals surface area contributed by atoms with Crippen molar-refractivity contribution in [3.05, 3.63) is 53.2 Å². The van der Waals surface area contributed by atoms with Crippen LogP contribution in [0.15, 0.2) is 42.6 Å². The second-order valence-electron chi connectivity index (χ2n) is 4.19. The predicted molar refractivity (Wildman–Crippen MR) is 76.7 cm³/mol. The topological polar surface area (TPSA) is 24.9 Å². The summed E-state index contributed by atoms with van der Waals surface area (Å²) in [6, 6.07) is 11.9. The number of aromatic nitrogens is 1. The molecule has 2 rings (SSSR count). The fourth-order valence-corrected chi connectivity index (χ4v) is 2.08. The summed E-state index contributed by atoms with van der Waals surface area (Å²) >= 11 is 6.07. The van der Waals surface area contributed by atoms with Gasteiger partial charge in [0.05, 0.1) is 5.69 Å². The lowest BCUT2D eigenvalue weighted by atomic mass is 10.0. The Balaban J connectivity index is 2.29. The van der Waals surface area contributed by atoms with Crippen LogP contribution in [0.2, 0.25) is 5.02 Å². The van der Waals surface area contributed by atoms with Crippen molar-refractivity contribution >= 4 is 11.6 Å². The van der Waals surface area contributed by atoms with Crippen molar-refractivity contribution < 1.29 is 0 Å². The number of rotatable bonds is 5. The molecule has 1 aromatic carbocycles. The minimum absolute atomic E-state index is 0.767. The third kappa shape index (κ3) is 3.31. The second-order valence-corrected chi connectivity index (χ2v) is 4.63. The molecule has 1 aromatic heterocycles. The van der Waals surface area contributed by atoms with Crippen LogP contribution in [-0.2, 0) is 6.54 Å². The van der Waals surface area contributed by atoms with Gasteiger partial charge in [-0.1, -0.05) is 30.7 Å². The summed E-state index contributed by atoms with van der Waals surface area (Å²) in [5, 5.41) is 4.17. The van der Waals surface area contributed by atoms with Gasteiger partial charge in [-0.05, 0) is 42.8 Å². The Labute approximate surface area is 113 Å². The lowest BCUT2D eigenvalue weighted by Gasteiger charge is -2.10. The quantitative estimate of drug-likeness (QED) is 0.825. The standard InChI is InChI=1S/C15H17ClN2/c1-2-8-17-11-12-10-13(16)6-7-14(12)15-5-3-4-9-18-15/h3-7,9-10,17H,2,8,11H2,1H3. The summed E-state index contributed by atoms with van der Waals surface area (Å²) in [4.78, 5) is 4.40. The van der Waals surface area contributed by atoms with Gasteiger partial charge in [-0.15, -0.1) is 0 Å². The van der Waals surface area contributed by atoms with E-state index in [-0.39, 0.29) is 0 Å². The van der Waals surface area contributed by atoms with Crippen molar-refractivity contribution in [2.45, 2.75) is 19.9 Å². The van der Waals surface area contributed by atoms with E-state index < -0.39 is 0 Å². The lowest BCUT2D eigenvalue weighted by Crippen LogP contribution is -2.14. The Morgan fingerprint density at radius 1 is 1.22 bits per heavy atom. The summed E-state index contributed by atoms with van der Waals surface area (Å²) in [6.07, 6.45) is 2.94. The number of hydrogen-bond donors (Lipinski definition) is 1. The summed E-state index contributed by atoms with van der Waals surface area (Å²) < 4.78 is 0. The van der Waals surface area contributed by atoms with Crippen LogP contribution in [0.1, 0.15) is 18.9 Å². The minimum atomic E-state index is 0.767. The van der Waals surface area contributed by atoms with Crippen LogP contribution in [0, 0.1) is 0 Å². The molecule has 1 N–H and O–H groups in total. The zero-order valence-electron chi connectivity index (χ0n) is 10.5. The SMILES string of the molecule is CCCNCc1cc(Cl)ccc1-c1ccccn1. The molecule has 0 amide bonds. The molecule has 1 heterocycles. The second kappa shape index (κ2) is 6.53. The first kappa shape index (κ1) is 13.1. The molecule has 0 radical (unpaired) electrons. The molecule has 18 heavy (non-hydrogen) atoms. The van der Waals surface area contributed by atoms with Crippen LogP contribution < -0.4 is 5.32 Å². The molecule has 0 aliphatic carbocycles. The van der Waals surface area contributed by atoms with E-state index in [0.717, 1.165) is 35.8 Å². The van der Waals surface area contributed by atoms with Gasteiger partial charge in [0.25, 0.3) is 0 Å². The lowest BCUT2D eigenvalue weighted by molar-refractivity contribution is 0.676. The van der Waals surface area contributed by atoms with Gasteiger partial charge in [0, 0.05) is 23.3 Å². The van der Waals surface area contributed by atoms with E-state index in [0.29, 0.717) is 0 Å². The van der Waals surface area contributed by atoms with Crippen molar-refractivity contribution in [1.29, 1.82) is 0 Å². The van der Waals surface area contributed by atoms with Gasteiger partial charge in [-0.25, -0.2) is 0 Å². The van der Waals surface area contributed by atoms with E-state index in [1.54, 1.807) is 0 Å². The number of halogens is 1. The Morgan fingerprint density at radius 3 is 2.83 bits per heavy atom. The fourth-order valence-electron chi connectivity index (χ4n) is 1.88. The summed E-state index contributed by atoms with van der Waals surface area (Å²) in [5.41, 5.74) is 3.32. The van der Waals surface area contributed by atoms with Crippen molar-refractivity contribution in [3.63, 3.8) is 0 Å². The molecular weight excluding hydrogens is 244 g/mol. The smallest absolute Gasteiger partial charge is 0.0705 e. The molecule has 2 nitrogen and oxygen atoms in total. The van der Waals surface area contributed by atoms with Gasteiger partial charge < -0.3 is 5.32 Å². The maximum atomic E-state index is 6.07. The van der Waals surface area contributed by atoms with Crippen molar-refractivity contribution in [2.75, 3.05) is 6.54 Å². The molecule has 0 bridgehead atoms. The first-order valence-corrected chi connectivity index (χ1v) is 6.59. The Hall–Kier alpha value is -1.38. The number of benzene rings is 1. The van der Waals surface area contributed by atoms with Crippen molar-refractivity contribution in [3.8, 4) is 11.3 Å². The van der Waals surface area contributed by atoms with Gasteiger partial charge in [0.2, 0.25) is 0 Å². The molecule has 0 unspecified atom stereocenters. The zero-order chi connectivity index (χ0) is 12.8. The summed E-state index contributed by atoms with van der Waals surface area (Å²) in [7, 11) is 0. The van der Waals surface area contributed by atoms with Crippen LogP contribution in [0.4, 0.5) is 0 Å². The van der Waals surface area contributed by atoms with E-state index in [1.165, 1.54) is 5.56 Å². The first-order valence-electron chi connectivity index (χ1n) is 6.22. The molecule has 0 aliphatic heterocycles. The molecule has 3 heteroatoms. The van der Waals surface area contributed by atoms with Gasteiger partial charge >= 0.3 is 0 Å². The average Bonchev–Trinajstić information content (AvgIpc) is 2.40. The van der Waals surface area contributed by atoms with Gasteiger partial charge in [-0.2, -0.15) is 0 Å². The minimum Gasteiger partial charge on any atom is -0.313 e. The third-order valence-electron chi connectivity index (χ3n) is 2.75. The van der Waals surface area contributed by atoms with E-state index in [9.17, 15) is 0 Å². The predicted octanol–water partition coefficient (Wildman–Crippen LogP) is 3.90. The number of pyridine rings is 1. The number of nitrogens with one attached hydrogen (secondary N) is 1. The van der Waals surface area contributed by atoms with Crippen LogP contribution in [0.5, 0.6) is 0 Å². The van der Waals surface area contributed by atoms with Crippen LogP contribution in [0.25, 0.3) is 11.3 Å². The van der Waals surface area contributed by atoms with E-state index in [1.807, 2.05) is 42.6 Å². The van der Waals surface area contributed by atoms with Crippen LogP contribution >= 0.6 is 11.6 Å². The highest BCUT2D eigenvalue weighted by molar-refractivity contribution is 6.30. The Bertz CT molecular complexity index is 497. The molecule has 94 valence electrons. The maximum Gasteiger partial charge on any atom is 0.0705 e. The maximum absolute atomic E-state index is 6.07. The van der Waals surface area contributed by atoms with Gasteiger partial charge in [0.1, 0.15) is 0 Å². The Morgan fingerprint density at radius 2 is 2.11 bits per heavy atom. The largest absolute Gasteiger partial charge is 0.313 e. The molecule has 2 aromatic rings. The van der Waals surface area contributed by atoms with E-state index in [2.05, 4.69) is 17.2 Å². The molecule has 0 aliphatic rings. The van der Waals surface area contributed by atoms with Crippen molar-refractivity contribution in [1.82, 2.24) is 10.3 Å². The number of nitrogens with zero attached hydrogens (tertiary/aromatic N) is 1. The monoisotopic (exact) mass is 260 g/mol. The Kier molecular flexibility index (Phi) is 4.73. The van der Waals surface area contributed by atoms with Crippen LogP contribution in [-0.4, -0.2) is 11.5 Å². The molecule has 0 atom stereocenters. The van der Waals surface area contributed by atoms with Gasteiger partial charge in [-0.3, -0.25) is 4.98 Å². The molecule has 0 saturated heterocycles. The highest BCUT2D eigenvalue weighted by Gasteiger charge is 2.06. The zero-order valence-corrected chi connectivity index (χ0v) is 11.2. The normalized spacial score (nSPS) is 10.6. The summed E-state index contributed by atoms with van der Waals surface area (Å²) in [5.74, 6) is 0. The van der Waals surface area contributed by atoms with Gasteiger partial charge in [0.15, 0.2) is 0 Å². The molecule has 0 spiro atoms. The van der Waals surface area contributed by atoms with E-state index >= 15 is 0 Å². The molecular formula is C15H17ClN2. The third-order valence-corrected chi connectivity index (χ3v) is 2.99. The summed E-state index contributed by atoms with van der Waals surface area (Å²) in [6.45, 7) is 3.99. The first-order chi connectivity index (χ1) is 8.81. The average molecular weight is 261 g/mol. The molecule has 0 saturated carbocycles.